The van der Waals surface area contributed by atoms with Crippen LogP contribution in [-0.2, 0) is 25.6 Å². The van der Waals surface area contributed by atoms with Crippen molar-refractivity contribution in [3.05, 3.63) is 95.6 Å². The highest BCUT2D eigenvalue weighted by Crippen LogP contribution is 2.44. The zero-order valence-corrected chi connectivity index (χ0v) is 23.8. The van der Waals surface area contributed by atoms with E-state index in [-0.39, 0.29) is 25.5 Å². The summed E-state index contributed by atoms with van der Waals surface area (Å²) in [5, 5.41) is 15.2. The lowest BCUT2D eigenvalue weighted by atomic mass is 9.83. The summed E-state index contributed by atoms with van der Waals surface area (Å²) in [7, 11) is 1.38. The van der Waals surface area contributed by atoms with E-state index in [2.05, 4.69) is 39.8 Å². The van der Waals surface area contributed by atoms with Crippen molar-refractivity contribution >= 4 is 18.0 Å². The van der Waals surface area contributed by atoms with Gasteiger partial charge in [-0.15, -0.1) is 0 Å². The number of amides is 2. The normalized spacial score (nSPS) is 16.6. The van der Waals surface area contributed by atoms with Crippen LogP contribution >= 0.6 is 0 Å². The molecule has 0 radical (unpaired) electrons. The molecule has 0 saturated carbocycles. The molecule has 9 nitrogen and oxygen atoms in total. The lowest BCUT2D eigenvalue weighted by Crippen LogP contribution is -2.59. The molecule has 2 amide bonds. The molecular weight excluding hydrogens is 534 g/mol. The molecule has 0 aromatic heterocycles. The first-order valence-electron chi connectivity index (χ1n) is 14.3. The number of carboxylic acid groups (broad SMARTS) is 1. The molecule has 220 valence electrons. The molecule has 1 fully saturated rings. The zero-order valence-electron chi connectivity index (χ0n) is 23.8. The van der Waals surface area contributed by atoms with Crippen LogP contribution in [0.5, 0.6) is 0 Å². The molecule has 1 atom stereocenters. The highest BCUT2D eigenvalue weighted by Gasteiger charge is 2.39. The number of rotatable bonds is 11. The van der Waals surface area contributed by atoms with Crippen LogP contribution in [0, 0.1) is 0 Å². The van der Waals surface area contributed by atoms with Crippen molar-refractivity contribution in [2.75, 3.05) is 33.4 Å². The number of carbonyl (C=O) groups is 3. The average molecular weight is 572 g/mol. The molecule has 3 N–H and O–H groups in total. The number of piperidine rings is 1. The standard InChI is InChI=1S/C33H37N3O6/c1-41-29(20-34-32(40)42-22-28-26-13-7-5-11-24(26)25-12-6-8-14-27(25)28)31(39)35-33(19-30(37)38)15-17-36(18-16-33)21-23-9-3-2-4-10-23/h2-14,28-29H,15-22H2,1H3,(H,34,40)(H,35,39)(H,37,38). The summed E-state index contributed by atoms with van der Waals surface area (Å²) in [4.78, 5) is 39.9. The highest BCUT2D eigenvalue weighted by atomic mass is 16.5. The van der Waals surface area contributed by atoms with E-state index in [1.807, 2.05) is 54.6 Å². The molecule has 9 heteroatoms. The largest absolute Gasteiger partial charge is 0.481 e. The van der Waals surface area contributed by atoms with Crippen molar-refractivity contribution in [1.82, 2.24) is 15.5 Å². The van der Waals surface area contributed by atoms with Crippen molar-refractivity contribution in [3.8, 4) is 11.1 Å². The Morgan fingerprint density at radius 1 is 0.929 bits per heavy atom. The van der Waals surface area contributed by atoms with Crippen LogP contribution in [0.2, 0.25) is 0 Å². The van der Waals surface area contributed by atoms with Crippen LogP contribution < -0.4 is 10.6 Å². The monoisotopic (exact) mass is 571 g/mol. The number of nitrogens with one attached hydrogen (secondary N) is 2. The molecule has 2 aliphatic rings. The van der Waals surface area contributed by atoms with Crippen LogP contribution in [-0.4, -0.2) is 73.0 Å². The topological polar surface area (TPSA) is 117 Å². The van der Waals surface area contributed by atoms with Gasteiger partial charge in [0.25, 0.3) is 5.91 Å². The summed E-state index contributed by atoms with van der Waals surface area (Å²) in [6.07, 6.45) is -0.851. The van der Waals surface area contributed by atoms with Gasteiger partial charge in [-0.3, -0.25) is 14.5 Å². The fourth-order valence-electron chi connectivity index (χ4n) is 6.07. The average Bonchev–Trinajstić information content (AvgIpc) is 3.31. The molecule has 42 heavy (non-hydrogen) atoms. The molecule has 5 rings (SSSR count). The molecule has 0 bridgehead atoms. The molecule has 1 aliphatic heterocycles. The van der Waals surface area contributed by atoms with Crippen LogP contribution in [0.3, 0.4) is 0 Å². The molecule has 1 aliphatic carbocycles. The number of ether oxygens (including phenoxy) is 2. The predicted octanol–water partition coefficient (Wildman–Crippen LogP) is 4.17. The summed E-state index contributed by atoms with van der Waals surface area (Å²) >= 11 is 0. The summed E-state index contributed by atoms with van der Waals surface area (Å²) in [5.74, 6) is -1.51. The van der Waals surface area contributed by atoms with Gasteiger partial charge in [0, 0.05) is 32.7 Å². The third-order valence-electron chi connectivity index (χ3n) is 8.29. The summed E-state index contributed by atoms with van der Waals surface area (Å²) in [6, 6.07) is 26.3. The Morgan fingerprint density at radius 2 is 1.52 bits per heavy atom. The maximum absolute atomic E-state index is 13.2. The van der Waals surface area contributed by atoms with Crippen molar-refractivity contribution in [3.63, 3.8) is 0 Å². The van der Waals surface area contributed by atoms with Crippen molar-refractivity contribution in [1.29, 1.82) is 0 Å². The smallest absolute Gasteiger partial charge is 0.407 e. The number of aliphatic carboxylic acids is 1. The second kappa shape index (κ2) is 13.2. The van der Waals surface area contributed by atoms with E-state index in [0.29, 0.717) is 25.9 Å². The molecule has 1 unspecified atom stereocenters. The number of methoxy groups -OCH3 is 1. The van der Waals surface area contributed by atoms with E-state index < -0.39 is 29.6 Å². The Bertz CT molecular complexity index is 1360. The fourth-order valence-corrected chi connectivity index (χ4v) is 6.07. The lowest BCUT2D eigenvalue weighted by molar-refractivity contribution is -0.141. The Balaban J connectivity index is 1.14. The van der Waals surface area contributed by atoms with Gasteiger partial charge in [-0.1, -0.05) is 78.9 Å². The summed E-state index contributed by atoms with van der Waals surface area (Å²) in [6.45, 7) is 2.12. The number of likely N-dealkylation sites (tertiary alicyclic amines) is 1. The quantitative estimate of drug-likeness (QED) is 0.316. The highest BCUT2D eigenvalue weighted by molar-refractivity contribution is 5.83. The first-order chi connectivity index (χ1) is 20.4. The van der Waals surface area contributed by atoms with Crippen LogP contribution in [0.15, 0.2) is 78.9 Å². The van der Waals surface area contributed by atoms with Crippen LogP contribution in [0.1, 0.15) is 41.9 Å². The number of benzene rings is 3. The minimum absolute atomic E-state index is 0.0756. The lowest BCUT2D eigenvalue weighted by Gasteiger charge is -2.42. The van der Waals surface area contributed by atoms with Gasteiger partial charge in [-0.2, -0.15) is 0 Å². The van der Waals surface area contributed by atoms with E-state index in [4.69, 9.17) is 9.47 Å². The molecular formula is C33H37N3O6. The van der Waals surface area contributed by atoms with Gasteiger partial charge in [-0.25, -0.2) is 4.79 Å². The first kappa shape index (κ1) is 29.3. The number of carbonyl (C=O) groups excluding carboxylic acids is 2. The number of hydrogen-bond donors (Lipinski definition) is 3. The molecule has 3 aromatic carbocycles. The van der Waals surface area contributed by atoms with Gasteiger partial charge in [0.05, 0.1) is 18.5 Å². The minimum atomic E-state index is -1.00. The van der Waals surface area contributed by atoms with E-state index in [1.54, 1.807) is 0 Å². The third kappa shape index (κ3) is 6.80. The van der Waals surface area contributed by atoms with Crippen molar-refractivity contribution in [2.45, 2.75) is 43.4 Å². The molecule has 3 aromatic rings. The SMILES string of the molecule is COC(CNC(=O)OCC1c2ccccc2-c2ccccc21)C(=O)NC1(CC(=O)O)CCN(Cc2ccccc2)CC1. The number of nitrogens with zero attached hydrogens (tertiary/aromatic N) is 1. The number of hydrogen-bond acceptors (Lipinski definition) is 6. The van der Waals surface area contributed by atoms with E-state index in [1.165, 1.54) is 12.7 Å². The van der Waals surface area contributed by atoms with Crippen molar-refractivity contribution < 1.29 is 29.0 Å². The van der Waals surface area contributed by atoms with Gasteiger partial charge in [0.1, 0.15) is 6.61 Å². The first-order valence-corrected chi connectivity index (χ1v) is 14.3. The number of carboxylic acids is 1. The van der Waals surface area contributed by atoms with Gasteiger partial charge >= 0.3 is 12.1 Å². The minimum Gasteiger partial charge on any atom is -0.481 e. The number of fused-ring (bicyclic) bond motifs is 3. The predicted molar refractivity (Wildman–Crippen MR) is 158 cm³/mol. The van der Waals surface area contributed by atoms with Gasteiger partial charge in [0.2, 0.25) is 0 Å². The van der Waals surface area contributed by atoms with E-state index >= 15 is 0 Å². The Labute approximate surface area is 245 Å². The van der Waals surface area contributed by atoms with Gasteiger partial charge in [0.15, 0.2) is 6.10 Å². The summed E-state index contributed by atoms with van der Waals surface area (Å²) < 4.78 is 11.0. The van der Waals surface area contributed by atoms with E-state index in [9.17, 15) is 19.5 Å². The third-order valence-corrected chi connectivity index (χ3v) is 8.29. The second-order valence-corrected chi connectivity index (χ2v) is 11.0. The number of alkyl carbamates (subject to hydrolysis) is 1. The van der Waals surface area contributed by atoms with Gasteiger partial charge < -0.3 is 25.2 Å². The molecule has 1 saturated heterocycles. The van der Waals surface area contributed by atoms with Gasteiger partial charge in [-0.05, 0) is 40.7 Å². The van der Waals surface area contributed by atoms with E-state index in [0.717, 1.165) is 28.8 Å². The zero-order chi connectivity index (χ0) is 29.5. The molecule has 0 spiro atoms. The van der Waals surface area contributed by atoms with Crippen molar-refractivity contribution in [2.24, 2.45) is 0 Å². The second-order valence-electron chi connectivity index (χ2n) is 11.0. The Morgan fingerprint density at radius 3 is 2.12 bits per heavy atom. The van der Waals surface area contributed by atoms with Crippen LogP contribution in [0.4, 0.5) is 4.79 Å². The Hall–Kier alpha value is -4.21. The summed E-state index contributed by atoms with van der Waals surface area (Å²) in [5.41, 5.74) is 4.79. The Kier molecular flexibility index (Phi) is 9.19. The molecule has 1 heterocycles. The van der Waals surface area contributed by atoms with Crippen LogP contribution in [0.25, 0.3) is 11.1 Å². The maximum Gasteiger partial charge on any atom is 0.407 e. The maximum atomic E-state index is 13.2. The fraction of sp³-hybridized carbons (Fsp3) is 0.364.